The molecule has 0 aliphatic carbocycles. The Balaban J connectivity index is 2.40. The fourth-order valence-corrected chi connectivity index (χ4v) is 2.41. The summed E-state index contributed by atoms with van der Waals surface area (Å²) in [4.78, 5) is 37.2. The molecule has 0 aromatic heterocycles. The van der Waals surface area contributed by atoms with Gasteiger partial charge in [-0.1, -0.05) is 19.1 Å². The maximum atomic E-state index is 12.6. The molecular weight excluding hydrogens is 258 g/mol. The zero-order valence-electron chi connectivity index (χ0n) is 11.5. The standard InChI is InChI=1S/C14H17N3O3/c1-3-10-13(19)16-11(18)7-17(10)14(20)12-8(2)5-4-6-9(12)15/h4-6,10H,3,7,15H2,1-2H3,(H,16,18,19). The predicted molar refractivity (Wildman–Crippen MR) is 73.9 cm³/mol. The quantitative estimate of drug-likeness (QED) is 0.605. The number of rotatable bonds is 2. The third-order valence-electron chi connectivity index (χ3n) is 3.42. The number of imide groups is 1. The fraction of sp³-hybridized carbons (Fsp3) is 0.357. The monoisotopic (exact) mass is 275 g/mol. The van der Waals surface area contributed by atoms with E-state index in [1.807, 2.05) is 0 Å². The van der Waals surface area contributed by atoms with E-state index in [1.54, 1.807) is 32.0 Å². The summed E-state index contributed by atoms with van der Waals surface area (Å²) in [6.45, 7) is 3.44. The lowest BCUT2D eigenvalue weighted by Crippen LogP contribution is -2.59. The van der Waals surface area contributed by atoms with Crippen LogP contribution in [-0.2, 0) is 9.59 Å². The van der Waals surface area contributed by atoms with Gasteiger partial charge in [0.25, 0.3) is 5.91 Å². The molecular formula is C14H17N3O3. The second-order valence-electron chi connectivity index (χ2n) is 4.81. The molecule has 1 aliphatic rings. The Morgan fingerprint density at radius 2 is 2.15 bits per heavy atom. The van der Waals surface area contributed by atoms with E-state index in [1.165, 1.54) is 4.90 Å². The van der Waals surface area contributed by atoms with Gasteiger partial charge in [-0.05, 0) is 25.0 Å². The highest BCUT2D eigenvalue weighted by Gasteiger charge is 2.36. The number of benzene rings is 1. The lowest BCUT2D eigenvalue weighted by Gasteiger charge is -2.34. The maximum Gasteiger partial charge on any atom is 0.257 e. The summed E-state index contributed by atoms with van der Waals surface area (Å²) in [6, 6.07) is 4.52. The van der Waals surface area contributed by atoms with Gasteiger partial charge in [0.15, 0.2) is 0 Å². The number of hydrogen-bond donors (Lipinski definition) is 2. The zero-order chi connectivity index (χ0) is 14.9. The highest BCUT2D eigenvalue weighted by Crippen LogP contribution is 2.21. The molecule has 20 heavy (non-hydrogen) atoms. The Hall–Kier alpha value is -2.37. The Morgan fingerprint density at radius 1 is 1.45 bits per heavy atom. The number of carbonyl (C=O) groups is 3. The first kappa shape index (κ1) is 14.0. The first-order valence-corrected chi connectivity index (χ1v) is 6.45. The van der Waals surface area contributed by atoms with Crippen molar-refractivity contribution >= 4 is 23.4 Å². The third-order valence-corrected chi connectivity index (χ3v) is 3.42. The summed E-state index contributed by atoms with van der Waals surface area (Å²) in [7, 11) is 0. The lowest BCUT2D eigenvalue weighted by atomic mass is 10.0. The van der Waals surface area contributed by atoms with E-state index in [0.717, 1.165) is 5.56 Å². The van der Waals surface area contributed by atoms with Crippen LogP contribution in [0.2, 0.25) is 0 Å². The van der Waals surface area contributed by atoms with Crippen LogP contribution in [0.15, 0.2) is 18.2 Å². The number of nitrogen functional groups attached to an aromatic ring is 1. The number of aryl methyl sites for hydroxylation is 1. The highest BCUT2D eigenvalue weighted by atomic mass is 16.2. The lowest BCUT2D eigenvalue weighted by molar-refractivity contribution is -0.138. The minimum absolute atomic E-state index is 0.128. The Labute approximate surface area is 116 Å². The number of nitrogens with one attached hydrogen (secondary N) is 1. The molecule has 3 N–H and O–H groups in total. The number of carbonyl (C=O) groups excluding carboxylic acids is 3. The summed E-state index contributed by atoms with van der Waals surface area (Å²) < 4.78 is 0. The summed E-state index contributed by atoms with van der Waals surface area (Å²) in [5, 5.41) is 2.24. The Morgan fingerprint density at radius 3 is 2.75 bits per heavy atom. The van der Waals surface area contributed by atoms with Crippen LogP contribution >= 0.6 is 0 Å². The first-order chi connectivity index (χ1) is 9.45. The van der Waals surface area contributed by atoms with Crippen LogP contribution in [0.1, 0.15) is 29.3 Å². The molecule has 3 amide bonds. The van der Waals surface area contributed by atoms with E-state index in [2.05, 4.69) is 5.32 Å². The van der Waals surface area contributed by atoms with Crippen molar-refractivity contribution in [2.45, 2.75) is 26.3 Å². The van der Waals surface area contributed by atoms with E-state index in [4.69, 9.17) is 5.73 Å². The average Bonchev–Trinajstić information content (AvgIpc) is 2.37. The number of amides is 3. The van der Waals surface area contributed by atoms with Crippen molar-refractivity contribution in [2.24, 2.45) is 0 Å². The summed E-state index contributed by atoms with van der Waals surface area (Å²) in [5.74, 6) is -1.29. The Bertz CT molecular complexity index is 563. The van der Waals surface area contributed by atoms with E-state index >= 15 is 0 Å². The van der Waals surface area contributed by atoms with E-state index in [9.17, 15) is 14.4 Å². The highest BCUT2D eigenvalue weighted by molar-refractivity contribution is 6.09. The van der Waals surface area contributed by atoms with Gasteiger partial charge < -0.3 is 10.6 Å². The van der Waals surface area contributed by atoms with Gasteiger partial charge in [0.1, 0.15) is 12.6 Å². The third kappa shape index (κ3) is 2.36. The molecule has 2 rings (SSSR count). The molecule has 1 aliphatic heterocycles. The summed E-state index contributed by atoms with van der Waals surface area (Å²) in [5.41, 5.74) is 7.28. The van der Waals surface area contributed by atoms with Crippen molar-refractivity contribution in [2.75, 3.05) is 12.3 Å². The molecule has 106 valence electrons. The van der Waals surface area contributed by atoms with Gasteiger partial charge >= 0.3 is 0 Å². The molecule has 0 bridgehead atoms. The second-order valence-corrected chi connectivity index (χ2v) is 4.81. The van der Waals surface area contributed by atoms with Gasteiger partial charge in [-0.3, -0.25) is 19.7 Å². The zero-order valence-corrected chi connectivity index (χ0v) is 11.5. The maximum absolute atomic E-state index is 12.6. The van der Waals surface area contributed by atoms with E-state index in [-0.39, 0.29) is 12.5 Å². The molecule has 6 heteroatoms. The van der Waals surface area contributed by atoms with Gasteiger partial charge in [-0.2, -0.15) is 0 Å². The number of nitrogens with two attached hydrogens (primary N) is 1. The van der Waals surface area contributed by atoms with E-state index in [0.29, 0.717) is 17.7 Å². The second kappa shape index (κ2) is 5.32. The van der Waals surface area contributed by atoms with Crippen molar-refractivity contribution in [3.8, 4) is 0 Å². The molecule has 1 atom stereocenters. The summed E-state index contributed by atoms with van der Waals surface area (Å²) >= 11 is 0. The normalized spacial score (nSPS) is 18.9. The molecule has 1 unspecified atom stereocenters. The molecule has 0 spiro atoms. The fourth-order valence-electron chi connectivity index (χ4n) is 2.41. The van der Waals surface area contributed by atoms with Gasteiger partial charge in [0.2, 0.25) is 11.8 Å². The van der Waals surface area contributed by atoms with Crippen LogP contribution in [0.3, 0.4) is 0 Å². The summed E-state index contributed by atoms with van der Waals surface area (Å²) in [6.07, 6.45) is 0.441. The number of piperazine rings is 1. The van der Waals surface area contributed by atoms with Crippen LogP contribution in [0, 0.1) is 6.92 Å². The molecule has 1 aromatic carbocycles. The predicted octanol–water partition coefficient (Wildman–Crippen LogP) is 0.454. The molecule has 1 fully saturated rings. The first-order valence-electron chi connectivity index (χ1n) is 6.45. The van der Waals surface area contributed by atoms with Gasteiger partial charge in [-0.15, -0.1) is 0 Å². The Kier molecular flexibility index (Phi) is 3.74. The number of anilines is 1. The average molecular weight is 275 g/mol. The van der Waals surface area contributed by atoms with Gasteiger partial charge in [0.05, 0.1) is 5.56 Å². The van der Waals surface area contributed by atoms with Crippen molar-refractivity contribution in [1.82, 2.24) is 10.2 Å². The largest absolute Gasteiger partial charge is 0.398 e. The topological polar surface area (TPSA) is 92.5 Å². The van der Waals surface area contributed by atoms with Gasteiger partial charge in [-0.25, -0.2) is 0 Å². The molecule has 6 nitrogen and oxygen atoms in total. The number of nitrogens with zero attached hydrogens (tertiary/aromatic N) is 1. The minimum atomic E-state index is -0.640. The molecule has 1 heterocycles. The molecule has 0 radical (unpaired) electrons. The smallest absolute Gasteiger partial charge is 0.257 e. The van der Waals surface area contributed by atoms with Gasteiger partial charge in [0, 0.05) is 5.69 Å². The van der Waals surface area contributed by atoms with Crippen molar-refractivity contribution in [3.63, 3.8) is 0 Å². The van der Waals surface area contributed by atoms with Crippen LogP contribution < -0.4 is 11.1 Å². The van der Waals surface area contributed by atoms with Crippen LogP contribution in [-0.4, -0.2) is 35.2 Å². The van der Waals surface area contributed by atoms with Crippen LogP contribution in [0.5, 0.6) is 0 Å². The van der Waals surface area contributed by atoms with Crippen LogP contribution in [0.25, 0.3) is 0 Å². The van der Waals surface area contributed by atoms with E-state index < -0.39 is 17.9 Å². The minimum Gasteiger partial charge on any atom is -0.398 e. The molecule has 1 saturated heterocycles. The van der Waals surface area contributed by atoms with Crippen molar-refractivity contribution < 1.29 is 14.4 Å². The molecule has 1 aromatic rings. The number of hydrogen-bond acceptors (Lipinski definition) is 4. The molecule has 0 saturated carbocycles. The van der Waals surface area contributed by atoms with Crippen LogP contribution in [0.4, 0.5) is 5.69 Å². The van der Waals surface area contributed by atoms with Crippen molar-refractivity contribution in [1.29, 1.82) is 0 Å². The SMILES string of the molecule is CCC1C(=O)NC(=O)CN1C(=O)c1c(C)cccc1N. The van der Waals surface area contributed by atoms with Crippen molar-refractivity contribution in [3.05, 3.63) is 29.3 Å².